The minimum atomic E-state index is -0.0257. The molecule has 29 heavy (non-hydrogen) atoms. The summed E-state index contributed by atoms with van der Waals surface area (Å²) in [5.74, 6) is 1.76. The van der Waals surface area contributed by atoms with E-state index in [9.17, 15) is 4.79 Å². The third kappa shape index (κ3) is 4.58. The third-order valence-electron chi connectivity index (χ3n) is 5.71. The normalized spacial score (nSPS) is 15.8. The molecule has 2 aromatic carbocycles. The molecule has 1 fully saturated rings. The largest absolute Gasteiger partial charge is 0.495 e. The molecule has 0 atom stereocenters. The molecule has 2 aromatic rings. The van der Waals surface area contributed by atoms with Crippen molar-refractivity contribution in [2.75, 3.05) is 51.3 Å². The lowest BCUT2D eigenvalue weighted by Gasteiger charge is -2.36. The number of anilines is 1. The average Bonchev–Trinajstić information content (AvgIpc) is 3.24. The van der Waals surface area contributed by atoms with Crippen LogP contribution < -0.4 is 19.7 Å². The summed E-state index contributed by atoms with van der Waals surface area (Å²) in [6.07, 6.45) is 3.55. The number of carbonyl (C=O) groups excluding carboxylic acids is 1. The molecule has 6 heteroatoms. The maximum atomic E-state index is 12.4. The highest BCUT2D eigenvalue weighted by Crippen LogP contribution is 2.28. The highest BCUT2D eigenvalue weighted by Gasteiger charge is 2.22. The lowest BCUT2D eigenvalue weighted by molar-refractivity contribution is 0.191. The van der Waals surface area contributed by atoms with Gasteiger partial charge in [0.25, 0.3) is 0 Å². The van der Waals surface area contributed by atoms with Gasteiger partial charge in [0.2, 0.25) is 0 Å². The number of fused-ring (bicyclic) bond motifs is 1. The Bertz CT molecular complexity index is 847. The van der Waals surface area contributed by atoms with E-state index in [1.54, 1.807) is 7.11 Å². The van der Waals surface area contributed by atoms with Gasteiger partial charge in [-0.3, -0.25) is 0 Å². The van der Waals surface area contributed by atoms with Gasteiger partial charge < -0.3 is 24.6 Å². The number of nitrogens with zero attached hydrogens (tertiary/aromatic N) is 2. The van der Waals surface area contributed by atoms with Crippen LogP contribution in [0.4, 0.5) is 10.5 Å². The molecule has 4 rings (SSSR count). The lowest BCUT2D eigenvalue weighted by atomic mass is 10.1. The predicted molar refractivity (Wildman–Crippen MR) is 114 cm³/mol. The standard InChI is InChI=1S/C23H29N3O3/c1-28-22-8-3-2-7-21(22)25-12-14-26(15-13-25)23(27)24-11-16-29-20-10-9-18-5-4-6-19(18)17-20/h2-3,7-10,17H,4-6,11-16H2,1H3,(H,24,27). The van der Waals surface area contributed by atoms with Crippen LogP contribution in [0.2, 0.25) is 0 Å². The van der Waals surface area contributed by atoms with Crippen molar-refractivity contribution in [3.63, 3.8) is 0 Å². The first-order valence-corrected chi connectivity index (χ1v) is 10.4. The average molecular weight is 396 g/mol. The quantitative estimate of drug-likeness (QED) is 0.764. The van der Waals surface area contributed by atoms with E-state index >= 15 is 0 Å². The van der Waals surface area contributed by atoms with Gasteiger partial charge in [-0.15, -0.1) is 0 Å². The van der Waals surface area contributed by atoms with E-state index in [0.717, 1.165) is 36.7 Å². The molecule has 2 aliphatic rings. The smallest absolute Gasteiger partial charge is 0.317 e. The number of carbonyl (C=O) groups is 1. The summed E-state index contributed by atoms with van der Waals surface area (Å²) in [7, 11) is 1.69. The van der Waals surface area contributed by atoms with Gasteiger partial charge in [0, 0.05) is 26.2 Å². The maximum absolute atomic E-state index is 12.4. The van der Waals surface area contributed by atoms with Gasteiger partial charge >= 0.3 is 6.03 Å². The minimum absolute atomic E-state index is 0.0257. The van der Waals surface area contributed by atoms with Crippen LogP contribution in [0.3, 0.4) is 0 Å². The first-order chi connectivity index (χ1) is 14.2. The van der Waals surface area contributed by atoms with Crippen LogP contribution in [-0.4, -0.2) is 57.4 Å². The fourth-order valence-electron chi connectivity index (χ4n) is 4.12. The number of aryl methyl sites for hydroxylation is 2. The van der Waals surface area contributed by atoms with Crippen LogP contribution in [0.5, 0.6) is 11.5 Å². The van der Waals surface area contributed by atoms with Crippen molar-refractivity contribution in [2.45, 2.75) is 19.3 Å². The molecule has 1 N–H and O–H groups in total. The molecule has 0 spiro atoms. The fraction of sp³-hybridized carbons (Fsp3) is 0.435. The van der Waals surface area contributed by atoms with Crippen molar-refractivity contribution < 1.29 is 14.3 Å². The van der Waals surface area contributed by atoms with E-state index in [1.165, 1.54) is 24.0 Å². The zero-order valence-electron chi connectivity index (χ0n) is 17.0. The number of methoxy groups -OCH3 is 1. The molecule has 0 unspecified atom stereocenters. The number of benzene rings is 2. The Morgan fingerprint density at radius 3 is 2.66 bits per heavy atom. The Morgan fingerprint density at radius 1 is 1.03 bits per heavy atom. The SMILES string of the molecule is COc1ccccc1N1CCN(C(=O)NCCOc2ccc3c(c2)CCC3)CC1. The Morgan fingerprint density at radius 2 is 1.83 bits per heavy atom. The van der Waals surface area contributed by atoms with Gasteiger partial charge in [-0.2, -0.15) is 0 Å². The van der Waals surface area contributed by atoms with Gasteiger partial charge in [-0.1, -0.05) is 18.2 Å². The van der Waals surface area contributed by atoms with Crippen LogP contribution in [0.1, 0.15) is 17.5 Å². The summed E-state index contributed by atoms with van der Waals surface area (Å²) < 4.78 is 11.3. The van der Waals surface area contributed by atoms with Crippen LogP contribution in [0, 0.1) is 0 Å². The second kappa shape index (κ2) is 9.07. The van der Waals surface area contributed by atoms with Crippen molar-refractivity contribution in [2.24, 2.45) is 0 Å². The number of hydrogen-bond acceptors (Lipinski definition) is 4. The Hall–Kier alpha value is -2.89. The molecule has 0 aromatic heterocycles. The van der Waals surface area contributed by atoms with E-state index in [4.69, 9.17) is 9.47 Å². The molecular weight excluding hydrogens is 366 g/mol. The van der Waals surface area contributed by atoms with Crippen LogP contribution in [0.25, 0.3) is 0 Å². The zero-order valence-corrected chi connectivity index (χ0v) is 17.0. The zero-order chi connectivity index (χ0) is 20.1. The number of rotatable bonds is 6. The first kappa shape index (κ1) is 19.4. The molecule has 0 bridgehead atoms. The van der Waals surface area contributed by atoms with Crippen LogP contribution >= 0.6 is 0 Å². The second-order valence-electron chi connectivity index (χ2n) is 7.51. The van der Waals surface area contributed by atoms with Crippen LogP contribution in [0.15, 0.2) is 42.5 Å². The van der Waals surface area contributed by atoms with Crippen molar-refractivity contribution >= 4 is 11.7 Å². The monoisotopic (exact) mass is 395 g/mol. The third-order valence-corrected chi connectivity index (χ3v) is 5.71. The summed E-state index contributed by atoms with van der Waals surface area (Å²) in [4.78, 5) is 16.6. The van der Waals surface area contributed by atoms with E-state index in [2.05, 4.69) is 28.4 Å². The number of amides is 2. The van der Waals surface area contributed by atoms with Crippen LogP contribution in [-0.2, 0) is 12.8 Å². The summed E-state index contributed by atoms with van der Waals surface area (Å²) in [5, 5.41) is 2.97. The molecule has 1 heterocycles. The van der Waals surface area contributed by atoms with Gasteiger partial charge in [0.15, 0.2) is 0 Å². The maximum Gasteiger partial charge on any atom is 0.317 e. The highest BCUT2D eigenvalue weighted by molar-refractivity contribution is 5.74. The first-order valence-electron chi connectivity index (χ1n) is 10.4. The number of para-hydroxylation sites is 2. The Balaban J connectivity index is 1.19. The molecule has 1 saturated heterocycles. The molecule has 2 amide bonds. The van der Waals surface area contributed by atoms with Crippen molar-refractivity contribution in [1.82, 2.24) is 10.2 Å². The van der Waals surface area contributed by atoms with Crippen molar-refractivity contribution in [1.29, 1.82) is 0 Å². The topological polar surface area (TPSA) is 54.0 Å². The van der Waals surface area contributed by atoms with E-state index in [-0.39, 0.29) is 6.03 Å². The van der Waals surface area contributed by atoms with E-state index in [1.807, 2.05) is 29.2 Å². The van der Waals surface area contributed by atoms with Gasteiger partial charge in [0.05, 0.1) is 19.3 Å². The summed E-state index contributed by atoms with van der Waals surface area (Å²) in [6, 6.07) is 14.3. The van der Waals surface area contributed by atoms with Crippen molar-refractivity contribution in [3.8, 4) is 11.5 Å². The summed E-state index contributed by atoms with van der Waals surface area (Å²) >= 11 is 0. The minimum Gasteiger partial charge on any atom is -0.495 e. The summed E-state index contributed by atoms with van der Waals surface area (Å²) in [5.41, 5.74) is 3.93. The Labute approximate surface area is 172 Å². The van der Waals surface area contributed by atoms with E-state index < -0.39 is 0 Å². The molecule has 0 saturated carbocycles. The fourth-order valence-corrected chi connectivity index (χ4v) is 4.12. The van der Waals surface area contributed by atoms with Gasteiger partial charge in [0.1, 0.15) is 18.1 Å². The Kier molecular flexibility index (Phi) is 6.08. The molecular formula is C23H29N3O3. The molecule has 154 valence electrons. The van der Waals surface area contributed by atoms with Crippen molar-refractivity contribution in [3.05, 3.63) is 53.6 Å². The van der Waals surface area contributed by atoms with Gasteiger partial charge in [-0.25, -0.2) is 4.79 Å². The number of urea groups is 1. The highest BCUT2D eigenvalue weighted by atomic mass is 16.5. The predicted octanol–water partition coefficient (Wildman–Crippen LogP) is 3.09. The summed E-state index contributed by atoms with van der Waals surface area (Å²) in [6.45, 7) is 3.94. The lowest BCUT2D eigenvalue weighted by Crippen LogP contribution is -2.52. The number of ether oxygens (including phenoxy) is 2. The van der Waals surface area contributed by atoms with Gasteiger partial charge in [-0.05, 0) is 54.7 Å². The molecule has 0 radical (unpaired) electrons. The van der Waals surface area contributed by atoms with E-state index in [0.29, 0.717) is 26.2 Å². The second-order valence-corrected chi connectivity index (χ2v) is 7.51. The molecule has 1 aliphatic heterocycles. The number of hydrogen-bond donors (Lipinski definition) is 1. The molecule has 6 nitrogen and oxygen atoms in total. The number of nitrogens with one attached hydrogen (secondary N) is 1. The number of piperazine rings is 1. The molecule has 1 aliphatic carbocycles.